The zero-order valence-corrected chi connectivity index (χ0v) is 12.4. The monoisotopic (exact) mass is 293 g/mol. The molecular weight excluding hydrogens is 274 g/mol. The molecule has 0 heterocycles. The second-order valence-electron chi connectivity index (χ2n) is 5.51. The quantitative estimate of drug-likeness (QED) is 0.831. The number of anilines is 1. The van der Waals surface area contributed by atoms with E-state index in [-0.39, 0.29) is 16.5 Å². The Hall–Kier alpha value is -1.58. The highest BCUT2D eigenvalue weighted by atomic mass is 32.2. The van der Waals surface area contributed by atoms with E-state index >= 15 is 0 Å². The van der Waals surface area contributed by atoms with Gasteiger partial charge in [0, 0.05) is 11.7 Å². The molecule has 108 valence electrons. The highest BCUT2D eigenvalue weighted by molar-refractivity contribution is 7.89. The lowest BCUT2D eigenvalue weighted by molar-refractivity contribution is 0.402. The van der Waals surface area contributed by atoms with Gasteiger partial charge in [0.25, 0.3) is 0 Å². The Kier molecular flexibility index (Phi) is 4.02. The zero-order chi connectivity index (χ0) is 14.9. The van der Waals surface area contributed by atoms with E-state index in [1.165, 1.54) is 18.2 Å². The third kappa shape index (κ3) is 2.79. The molecule has 1 aromatic rings. The first-order valence-corrected chi connectivity index (χ1v) is 8.15. The van der Waals surface area contributed by atoms with Crippen LogP contribution in [0.15, 0.2) is 23.1 Å². The molecule has 0 bridgehead atoms. The second kappa shape index (κ2) is 5.43. The van der Waals surface area contributed by atoms with E-state index in [1.807, 2.05) is 6.07 Å². The Bertz CT molecular complexity index is 649. The highest BCUT2D eigenvalue weighted by Gasteiger charge is 2.33. The van der Waals surface area contributed by atoms with Crippen molar-refractivity contribution < 1.29 is 8.42 Å². The summed E-state index contributed by atoms with van der Waals surface area (Å²) >= 11 is 0. The van der Waals surface area contributed by atoms with E-state index in [4.69, 9.17) is 11.0 Å². The number of nitrogens with zero attached hydrogens (tertiary/aromatic N) is 1. The molecule has 1 saturated carbocycles. The van der Waals surface area contributed by atoms with Crippen LogP contribution in [0.3, 0.4) is 0 Å². The summed E-state index contributed by atoms with van der Waals surface area (Å²) in [6.45, 7) is 4.18. The lowest BCUT2D eigenvalue weighted by Gasteiger charge is -2.20. The fraction of sp³-hybridized carbons (Fsp3) is 0.500. The van der Waals surface area contributed by atoms with Gasteiger partial charge in [-0.1, -0.05) is 13.8 Å². The molecule has 3 N–H and O–H groups in total. The molecule has 3 atom stereocenters. The van der Waals surface area contributed by atoms with Gasteiger partial charge in [-0.25, -0.2) is 13.1 Å². The Labute approximate surface area is 119 Å². The fourth-order valence-electron chi connectivity index (χ4n) is 2.66. The SMILES string of the molecule is CC1CCC(NS(=O)(=O)c2ccc(N)cc2C#N)C1C. The average Bonchev–Trinajstić information content (AvgIpc) is 2.69. The molecule has 0 aliphatic heterocycles. The number of hydrogen-bond acceptors (Lipinski definition) is 4. The van der Waals surface area contributed by atoms with E-state index in [0.29, 0.717) is 17.5 Å². The molecule has 0 saturated heterocycles. The third-order valence-corrected chi connectivity index (χ3v) is 5.73. The van der Waals surface area contributed by atoms with E-state index < -0.39 is 10.0 Å². The second-order valence-corrected chi connectivity index (χ2v) is 7.19. The number of nitriles is 1. The number of sulfonamides is 1. The summed E-state index contributed by atoms with van der Waals surface area (Å²) in [7, 11) is -3.69. The number of benzene rings is 1. The van der Waals surface area contributed by atoms with Crippen molar-refractivity contribution in [2.24, 2.45) is 11.8 Å². The molecule has 0 amide bonds. The number of nitrogens with one attached hydrogen (secondary N) is 1. The van der Waals surface area contributed by atoms with Crippen LogP contribution in [0.2, 0.25) is 0 Å². The topological polar surface area (TPSA) is 96.0 Å². The predicted octanol–water partition coefficient (Wildman–Crippen LogP) is 1.85. The molecule has 0 radical (unpaired) electrons. The molecular formula is C14H19N3O2S. The van der Waals surface area contributed by atoms with E-state index in [2.05, 4.69) is 18.6 Å². The van der Waals surface area contributed by atoms with Crippen molar-refractivity contribution in [3.8, 4) is 6.07 Å². The number of nitrogens with two attached hydrogens (primary N) is 1. The van der Waals surface area contributed by atoms with Crippen LogP contribution in [0.4, 0.5) is 5.69 Å². The van der Waals surface area contributed by atoms with Crippen molar-refractivity contribution in [1.82, 2.24) is 4.72 Å². The van der Waals surface area contributed by atoms with E-state index in [9.17, 15) is 8.42 Å². The van der Waals surface area contributed by atoms with Gasteiger partial charge in [-0.15, -0.1) is 0 Å². The van der Waals surface area contributed by atoms with Crippen LogP contribution in [0, 0.1) is 23.2 Å². The molecule has 0 aromatic heterocycles. The van der Waals surface area contributed by atoms with Crippen LogP contribution >= 0.6 is 0 Å². The van der Waals surface area contributed by atoms with Gasteiger partial charge in [0.1, 0.15) is 6.07 Å². The lowest BCUT2D eigenvalue weighted by atomic mass is 9.98. The molecule has 5 nitrogen and oxygen atoms in total. The summed E-state index contributed by atoms with van der Waals surface area (Å²) in [6, 6.07) is 6.09. The average molecular weight is 293 g/mol. The first-order valence-electron chi connectivity index (χ1n) is 6.67. The van der Waals surface area contributed by atoms with Gasteiger partial charge in [-0.05, 0) is 42.9 Å². The Morgan fingerprint density at radius 2 is 2.05 bits per heavy atom. The minimum absolute atomic E-state index is 0.000882. The van der Waals surface area contributed by atoms with Crippen LogP contribution in [-0.4, -0.2) is 14.5 Å². The highest BCUT2D eigenvalue weighted by Crippen LogP contribution is 2.32. The molecule has 1 aliphatic carbocycles. The largest absolute Gasteiger partial charge is 0.399 e. The van der Waals surface area contributed by atoms with Crippen LogP contribution in [0.1, 0.15) is 32.3 Å². The maximum Gasteiger partial charge on any atom is 0.242 e. The van der Waals surface area contributed by atoms with Crippen molar-refractivity contribution in [2.75, 3.05) is 5.73 Å². The summed E-state index contributed by atoms with van der Waals surface area (Å²) in [4.78, 5) is 0.000882. The first kappa shape index (κ1) is 14.8. The van der Waals surface area contributed by atoms with E-state index in [1.54, 1.807) is 0 Å². The molecule has 1 fully saturated rings. The first-order chi connectivity index (χ1) is 9.35. The summed E-state index contributed by atoms with van der Waals surface area (Å²) in [5, 5.41) is 9.06. The van der Waals surface area contributed by atoms with Crippen molar-refractivity contribution in [3.63, 3.8) is 0 Å². The standard InChI is InChI=1S/C14H19N3O2S/c1-9-3-5-13(10(9)2)17-20(18,19)14-6-4-12(16)7-11(14)8-15/h4,6-7,9-10,13,17H,3,5,16H2,1-2H3. The molecule has 0 spiro atoms. The maximum atomic E-state index is 12.4. The van der Waals surface area contributed by atoms with E-state index in [0.717, 1.165) is 12.8 Å². The zero-order valence-electron chi connectivity index (χ0n) is 11.6. The van der Waals surface area contributed by atoms with Crippen LogP contribution in [-0.2, 0) is 10.0 Å². The smallest absolute Gasteiger partial charge is 0.242 e. The number of hydrogen-bond donors (Lipinski definition) is 2. The summed E-state index contributed by atoms with van der Waals surface area (Å²) in [6.07, 6.45) is 1.85. The minimum Gasteiger partial charge on any atom is -0.399 e. The third-order valence-electron chi connectivity index (χ3n) is 4.19. The van der Waals surface area contributed by atoms with Gasteiger partial charge < -0.3 is 5.73 Å². The Morgan fingerprint density at radius 3 is 2.60 bits per heavy atom. The van der Waals surface area contributed by atoms with Crippen LogP contribution in [0.5, 0.6) is 0 Å². The molecule has 6 heteroatoms. The van der Waals surface area contributed by atoms with Crippen molar-refractivity contribution in [1.29, 1.82) is 5.26 Å². The number of nitrogen functional groups attached to an aromatic ring is 1. The minimum atomic E-state index is -3.69. The predicted molar refractivity (Wildman–Crippen MR) is 77.2 cm³/mol. The van der Waals surface area contributed by atoms with Crippen molar-refractivity contribution in [3.05, 3.63) is 23.8 Å². The van der Waals surface area contributed by atoms with Gasteiger partial charge in [0.2, 0.25) is 10.0 Å². The lowest BCUT2D eigenvalue weighted by Crippen LogP contribution is -2.37. The van der Waals surface area contributed by atoms with Crippen molar-refractivity contribution >= 4 is 15.7 Å². The van der Waals surface area contributed by atoms with Crippen LogP contribution < -0.4 is 10.5 Å². The molecule has 1 aromatic carbocycles. The Balaban J connectivity index is 2.30. The normalized spacial score (nSPS) is 26.4. The maximum absolute atomic E-state index is 12.4. The van der Waals surface area contributed by atoms with Gasteiger partial charge in [-0.2, -0.15) is 5.26 Å². The van der Waals surface area contributed by atoms with Crippen molar-refractivity contribution in [2.45, 2.75) is 37.6 Å². The van der Waals surface area contributed by atoms with Gasteiger partial charge in [-0.3, -0.25) is 0 Å². The molecule has 2 rings (SSSR count). The van der Waals surface area contributed by atoms with Gasteiger partial charge in [0.05, 0.1) is 10.5 Å². The van der Waals surface area contributed by atoms with Crippen LogP contribution in [0.25, 0.3) is 0 Å². The number of rotatable bonds is 3. The molecule has 20 heavy (non-hydrogen) atoms. The van der Waals surface area contributed by atoms with Gasteiger partial charge in [0.15, 0.2) is 0 Å². The summed E-state index contributed by atoms with van der Waals surface area (Å²) < 4.78 is 27.6. The molecule has 3 unspecified atom stereocenters. The summed E-state index contributed by atoms with van der Waals surface area (Å²) in [5.74, 6) is 0.800. The Morgan fingerprint density at radius 1 is 1.35 bits per heavy atom. The fourth-order valence-corrected chi connectivity index (χ4v) is 4.16. The van der Waals surface area contributed by atoms with Gasteiger partial charge >= 0.3 is 0 Å². The summed E-state index contributed by atoms with van der Waals surface area (Å²) in [5.41, 5.74) is 6.04. The molecule has 1 aliphatic rings.